The van der Waals surface area contributed by atoms with Gasteiger partial charge in [-0.15, -0.1) is 0 Å². The Labute approximate surface area is 160 Å². The number of morpholine rings is 1. The Morgan fingerprint density at radius 1 is 1.07 bits per heavy atom. The molecule has 1 unspecified atom stereocenters. The Morgan fingerprint density at radius 3 is 2.52 bits per heavy atom. The van der Waals surface area contributed by atoms with Gasteiger partial charge < -0.3 is 19.7 Å². The van der Waals surface area contributed by atoms with Crippen molar-refractivity contribution >= 4 is 11.6 Å². The lowest BCUT2D eigenvalue weighted by Gasteiger charge is -2.37. The standard InChI is InChI=1S/C22H26N2O3/c1-22(2)15-19(18-5-3-4-6-20(18)27-22)23-21(25)16-7-9-17(10-8-16)24-11-13-26-14-12-24/h3-10,19H,11-15H2,1-2H3,(H,23,25). The third-order valence-electron chi connectivity index (χ3n) is 5.19. The summed E-state index contributed by atoms with van der Waals surface area (Å²) in [5.41, 5.74) is 2.53. The predicted octanol–water partition coefficient (Wildman–Crippen LogP) is 3.56. The molecule has 0 saturated carbocycles. The summed E-state index contributed by atoms with van der Waals surface area (Å²) in [4.78, 5) is 15.1. The van der Waals surface area contributed by atoms with Crippen LogP contribution in [0.1, 0.15) is 42.2 Å². The average Bonchev–Trinajstić information content (AvgIpc) is 2.68. The van der Waals surface area contributed by atoms with Gasteiger partial charge in [-0.2, -0.15) is 0 Å². The molecule has 2 aromatic rings. The second-order valence-corrected chi connectivity index (χ2v) is 7.78. The van der Waals surface area contributed by atoms with Crippen molar-refractivity contribution in [2.75, 3.05) is 31.2 Å². The summed E-state index contributed by atoms with van der Waals surface area (Å²) in [6, 6.07) is 15.7. The molecular formula is C22H26N2O3. The van der Waals surface area contributed by atoms with E-state index in [1.165, 1.54) is 0 Å². The highest BCUT2D eigenvalue weighted by atomic mass is 16.5. The van der Waals surface area contributed by atoms with Gasteiger partial charge in [-0.25, -0.2) is 0 Å². The van der Waals surface area contributed by atoms with Gasteiger partial charge >= 0.3 is 0 Å². The van der Waals surface area contributed by atoms with Crippen LogP contribution in [-0.4, -0.2) is 37.8 Å². The van der Waals surface area contributed by atoms with Crippen molar-refractivity contribution in [1.29, 1.82) is 0 Å². The van der Waals surface area contributed by atoms with E-state index in [0.717, 1.165) is 49.7 Å². The molecule has 142 valence electrons. The third kappa shape index (κ3) is 3.93. The summed E-state index contributed by atoms with van der Waals surface area (Å²) in [5.74, 6) is 0.794. The number of amides is 1. The summed E-state index contributed by atoms with van der Waals surface area (Å²) >= 11 is 0. The van der Waals surface area contributed by atoms with Crippen LogP contribution in [0.3, 0.4) is 0 Å². The molecule has 1 atom stereocenters. The van der Waals surface area contributed by atoms with Gasteiger partial charge in [-0.1, -0.05) is 18.2 Å². The molecule has 2 aliphatic heterocycles. The molecule has 0 aromatic heterocycles. The lowest BCUT2D eigenvalue weighted by atomic mass is 9.89. The van der Waals surface area contributed by atoms with E-state index in [4.69, 9.17) is 9.47 Å². The molecule has 2 aromatic carbocycles. The maximum absolute atomic E-state index is 12.8. The highest BCUT2D eigenvalue weighted by molar-refractivity contribution is 5.94. The number of carbonyl (C=O) groups excluding carboxylic acids is 1. The minimum atomic E-state index is -0.313. The van der Waals surface area contributed by atoms with Crippen molar-refractivity contribution in [2.24, 2.45) is 0 Å². The first-order chi connectivity index (χ1) is 13.0. The number of fused-ring (bicyclic) bond motifs is 1. The Kier molecular flexibility index (Phi) is 4.79. The smallest absolute Gasteiger partial charge is 0.251 e. The fraction of sp³-hybridized carbons (Fsp3) is 0.409. The number of anilines is 1. The van der Waals surface area contributed by atoms with Crippen molar-refractivity contribution < 1.29 is 14.3 Å². The predicted molar refractivity (Wildman–Crippen MR) is 105 cm³/mol. The zero-order valence-corrected chi connectivity index (χ0v) is 15.9. The van der Waals surface area contributed by atoms with E-state index >= 15 is 0 Å². The molecule has 2 aliphatic rings. The van der Waals surface area contributed by atoms with E-state index in [2.05, 4.69) is 24.1 Å². The van der Waals surface area contributed by atoms with Crippen LogP contribution in [0.15, 0.2) is 48.5 Å². The lowest BCUT2D eigenvalue weighted by molar-refractivity contribution is 0.0619. The molecule has 0 bridgehead atoms. The fourth-order valence-electron chi connectivity index (χ4n) is 3.82. The summed E-state index contributed by atoms with van der Waals surface area (Å²) < 4.78 is 11.4. The van der Waals surface area contributed by atoms with Crippen LogP contribution in [0.2, 0.25) is 0 Å². The maximum Gasteiger partial charge on any atom is 0.251 e. The number of nitrogens with one attached hydrogen (secondary N) is 1. The third-order valence-corrected chi connectivity index (χ3v) is 5.19. The van der Waals surface area contributed by atoms with Crippen molar-refractivity contribution in [3.05, 3.63) is 59.7 Å². The molecule has 0 radical (unpaired) electrons. The maximum atomic E-state index is 12.8. The molecule has 5 heteroatoms. The number of rotatable bonds is 3. The average molecular weight is 366 g/mol. The Bertz CT molecular complexity index is 811. The first-order valence-electron chi connectivity index (χ1n) is 9.53. The second kappa shape index (κ2) is 7.24. The molecule has 5 nitrogen and oxygen atoms in total. The zero-order chi connectivity index (χ0) is 18.9. The van der Waals surface area contributed by atoms with Crippen LogP contribution >= 0.6 is 0 Å². The molecular weight excluding hydrogens is 340 g/mol. The first kappa shape index (κ1) is 17.9. The van der Waals surface area contributed by atoms with E-state index in [0.29, 0.717) is 5.56 Å². The Balaban J connectivity index is 1.49. The summed E-state index contributed by atoms with van der Waals surface area (Å²) in [6.07, 6.45) is 0.738. The van der Waals surface area contributed by atoms with E-state index in [1.54, 1.807) is 0 Å². The van der Waals surface area contributed by atoms with Crippen LogP contribution in [0.5, 0.6) is 5.75 Å². The highest BCUT2D eigenvalue weighted by Gasteiger charge is 2.34. The van der Waals surface area contributed by atoms with Gasteiger partial charge in [0.25, 0.3) is 5.91 Å². The molecule has 1 fully saturated rings. The van der Waals surface area contributed by atoms with Gasteiger partial charge in [-0.3, -0.25) is 4.79 Å². The Morgan fingerprint density at radius 2 is 1.78 bits per heavy atom. The van der Waals surface area contributed by atoms with Crippen molar-refractivity contribution in [2.45, 2.75) is 31.9 Å². The number of nitrogens with zero attached hydrogens (tertiary/aromatic N) is 1. The van der Waals surface area contributed by atoms with Gasteiger partial charge in [-0.05, 0) is 44.2 Å². The normalized spacial score (nSPS) is 21.1. The second-order valence-electron chi connectivity index (χ2n) is 7.78. The SMILES string of the molecule is CC1(C)CC(NC(=O)c2ccc(N3CCOCC3)cc2)c2ccccc2O1. The monoisotopic (exact) mass is 366 g/mol. The molecule has 1 saturated heterocycles. The minimum absolute atomic E-state index is 0.0546. The quantitative estimate of drug-likeness (QED) is 0.902. The van der Waals surface area contributed by atoms with Gasteiger partial charge in [0.1, 0.15) is 11.4 Å². The largest absolute Gasteiger partial charge is 0.487 e. The van der Waals surface area contributed by atoms with Crippen LogP contribution in [-0.2, 0) is 4.74 Å². The van der Waals surface area contributed by atoms with E-state index < -0.39 is 0 Å². The number of benzene rings is 2. The van der Waals surface area contributed by atoms with E-state index in [1.807, 2.05) is 48.5 Å². The summed E-state index contributed by atoms with van der Waals surface area (Å²) in [6.45, 7) is 7.39. The van der Waals surface area contributed by atoms with Crippen molar-refractivity contribution in [3.8, 4) is 5.75 Å². The van der Waals surface area contributed by atoms with Gasteiger partial charge in [0, 0.05) is 36.3 Å². The molecule has 1 N–H and O–H groups in total. The highest BCUT2D eigenvalue weighted by Crippen LogP contribution is 2.39. The van der Waals surface area contributed by atoms with Crippen molar-refractivity contribution in [3.63, 3.8) is 0 Å². The van der Waals surface area contributed by atoms with E-state index in [-0.39, 0.29) is 17.6 Å². The topological polar surface area (TPSA) is 50.8 Å². The molecule has 27 heavy (non-hydrogen) atoms. The lowest BCUT2D eigenvalue weighted by Crippen LogP contribution is -2.41. The molecule has 0 spiro atoms. The number of hydrogen-bond acceptors (Lipinski definition) is 4. The Hall–Kier alpha value is -2.53. The number of carbonyl (C=O) groups is 1. The fourth-order valence-corrected chi connectivity index (χ4v) is 3.82. The first-order valence-corrected chi connectivity index (χ1v) is 9.53. The molecule has 1 amide bonds. The van der Waals surface area contributed by atoms with Gasteiger partial charge in [0.2, 0.25) is 0 Å². The zero-order valence-electron chi connectivity index (χ0n) is 15.9. The number of hydrogen-bond donors (Lipinski definition) is 1. The van der Waals surface area contributed by atoms with Gasteiger partial charge in [0.15, 0.2) is 0 Å². The molecule has 0 aliphatic carbocycles. The van der Waals surface area contributed by atoms with Crippen molar-refractivity contribution in [1.82, 2.24) is 5.32 Å². The number of para-hydroxylation sites is 1. The van der Waals surface area contributed by atoms with E-state index in [9.17, 15) is 4.79 Å². The summed E-state index contributed by atoms with van der Waals surface area (Å²) in [5, 5.41) is 3.19. The van der Waals surface area contributed by atoms with Crippen LogP contribution < -0.4 is 15.0 Å². The number of ether oxygens (including phenoxy) is 2. The molecule has 2 heterocycles. The summed E-state index contributed by atoms with van der Waals surface area (Å²) in [7, 11) is 0. The van der Waals surface area contributed by atoms with Crippen LogP contribution in [0, 0.1) is 0 Å². The molecule has 4 rings (SSSR count). The van der Waals surface area contributed by atoms with Gasteiger partial charge in [0.05, 0.1) is 19.3 Å². The minimum Gasteiger partial charge on any atom is -0.487 e. The van der Waals surface area contributed by atoms with Crippen LogP contribution in [0.25, 0.3) is 0 Å². The van der Waals surface area contributed by atoms with Crippen LogP contribution in [0.4, 0.5) is 5.69 Å².